The quantitative estimate of drug-likeness (QED) is 0.251. The van der Waals surface area contributed by atoms with Crippen LogP contribution < -0.4 is 0 Å². The first-order valence-electron chi connectivity index (χ1n) is 10.1. The molecular weight excluding hydrogens is 460 g/mol. The number of rotatable bonds is 8. The van der Waals surface area contributed by atoms with Crippen molar-refractivity contribution in [1.29, 1.82) is 0 Å². The maximum absolute atomic E-state index is 5.38. The Balaban J connectivity index is 1.37. The summed E-state index contributed by atoms with van der Waals surface area (Å²) in [6.07, 6.45) is 0. The lowest BCUT2D eigenvalue weighted by molar-refractivity contribution is 0.382. The second-order valence-corrected chi connectivity index (χ2v) is 10.5. The Morgan fingerprint density at radius 2 is 1.75 bits per heavy atom. The van der Waals surface area contributed by atoms with Crippen molar-refractivity contribution in [3.05, 3.63) is 72.1 Å². The predicted octanol–water partition coefficient (Wildman–Crippen LogP) is 5.97. The molecule has 32 heavy (non-hydrogen) atoms. The molecule has 0 spiro atoms. The molecule has 0 aliphatic carbocycles. The van der Waals surface area contributed by atoms with E-state index in [-0.39, 0.29) is 5.92 Å². The fourth-order valence-electron chi connectivity index (χ4n) is 3.05. The molecule has 5 aromatic rings. The SMILES string of the molecule is CC(C)c1noc(CSc2nnc(CSc3nc4ccccc4s3)n2-c2ccccc2)n1. The first-order chi connectivity index (χ1) is 15.7. The van der Waals surface area contributed by atoms with Gasteiger partial charge in [-0.15, -0.1) is 21.5 Å². The number of aromatic nitrogens is 6. The van der Waals surface area contributed by atoms with Gasteiger partial charge in [-0.1, -0.05) is 72.9 Å². The summed E-state index contributed by atoms with van der Waals surface area (Å²) in [5.41, 5.74) is 2.05. The van der Waals surface area contributed by atoms with E-state index < -0.39 is 0 Å². The third kappa shape index (κ3) is 4.57. The van der Waals surface area contributed by atoms with Gasteiger partial charge in [-0.2, -0.15) is 4.98 Å². The molecule has 2 aromatic carbocycles. The van der Waals surface area contributed by atoms with E-state index in [1.807, 2.05) is 50.2 Å². The van der Waals surface area contributed by atoms with E-state index in [4.69, 9.17) is 9.51 Å². The van der Waals surface area contributed by atoms with Crippen LogP contribution in [0.3, 0.4) is 0 Å². The van der Waals surface area contributed by atoms with Crippen LogP contribution in [0.4, 0.5) is 0 Å². The van der Waals surface area contributed by atoms with Crippen LogP contribution in [-0.4, -0.2) is 29.9 Å². The molecule has 0 fully saturated rings. The summed E-state index contributed by atoms with van der Waals surface area (Å²) in [6, 6.07) is 18.3. The van der Waals surface area contributed by atoms with Crippen LogP contribution in [0.15, 0.2) is 68.6 Å². The zero-order valence-corrected chi connectivity index (χ0v) is 20.0. The molecule has 0 atom stereocenters. The Hall–Kier alpha value is -2.69. The number of benzene rings is 2. The van der Waals surface area contributed by atoms with Gasteiger partial charge < -0.3 is 4.52 Å². The minimum atomic E-state index is 0.233. The molecule has 0 bridgehead atoms. The topological polar surface area (TPSA) is 82.5 Å². The van der Waals surface area contributed by atoms with Crippen molar-refractivity contribution >= 4 is 45.1 Å². The minimum absolute atomic E-state index is 0.233. The molecule has 0 saturated carbocycles. The van der Waals surface area contributed by atoms with Crippen molar-refractivity contribution in [2.75, 3.05) is 0 Å². The third-order valence-electron chi connectivity index (χ3n) is 4.64. The normalized spacial score (nSPS) is 11.6. The van der Waals surface area contributed by atoms with E-state index >= 15 is 0 Å². The molecule has 7 nitrogen and oxygen atoms in total. The van der Waals surface area contributed by atoms with Crippen LogP contribution >= 0.6 is 34.9 Å². The first kappa shape index (κ1) is 21.2. The Kier molecular flexibility index (Phi) is 6.24. The van der Waals surface area contributed by atoms with Gasteiger partial charge in [-0.3, -0.25) is 4.57 Å². The lowest BCUT2D eigenvalue weighted by Gasteiger charge is -2.09. The largest absolute Gasteiger partial charge is 0.338 e. The Labute approximate surface area is 197 Å². The highest BCUT2D eigenvalue weighted by molar-refractivity contribution is 8.00. The van der Waals surface area contributed by atoms with E-state index in [2.05, 4.69) is 43.1 Å². The predicted molar refractivity (Wildman–Crippen MR) is 128 cm³/mol. The highest BCUT2D eigenvalue weighted by atomic mass is 32.2. The van der Waals surface area contributed by atoms with E-state index in [1.54, 1.807) is 23.1 Å². The standard InChI is InChI=1S/C22H20N6OS3/c1-14(2)20-24-19(29-27-20)13-30-21-26-25-18(28(21)15-8-4-3-5-9-15)12-31-22-23-16-10-6-7-11-17(16)32-22/h3-11,14H,12-13H2,1-2H3. The molecule has 0 N–H and O–H groups in total. The van der Waals surface area contributed by atoms with Gasteiger partial charge in [0, 0.05) is 11.6 Å². The summed E-state index contributed by atoms with van der Waals surface area (Å²) in [6.45, 7) is 4.09. The van der Waals surface area contributed by atoms with Crippen molar-refractivity contribution in [2.45, 2.75) is 40.8 Å². The molecule has 10 heteroatoms. The summed E-state index contributed by atoms with van der Waals surface area (Å²) < 4.78 is 9.69. The number of hydrogen-bond acceptors (Lipinski definition) is 9. The molecule has 0 saturated heterocycles. The van der Waals surface area contributed by atoms with Gasteiger partial charge in [0.25, 0.3) is 0 Å². The number of thiazole rings is 1. The van der Waals surface area contributed by atoms with Crippen LogP contribution in [-0.2, 0) is 11.5 Å². The van der Waals surface area contributed by atoms with Gasteiger partial charge in [0.2, 0.25) is 5.89 Å². The zero-order valence-electron chi connectivity index (χ0n) is 17.5. The first-order valence-corrected chi connectivity index (χ1v) is 12.9. The molecule has 0 unspecified atom stereocenters. The molecular formula is C22H20N6OS3. The summed E-state index contributed by atoms with van der Waals surface area (Å²) in [5, 5.41) is 13.8. The summed E-state index contributed by atoms with van der Waals surface area (Å²) in [4.78, 5) is 9.18. The summed E-state index contributed by atoms with van der Waals surface area (Å²) in [5.74, 6) is 3.62. The second-order valence-electron chi connectivity index (χ2n) is 7.30. The average molecular weight is 481 g/mol. The van der Waals surface area contributed by atoms with Gasteiger partial charge in [-0.25, -0.2) is 4.98 Å². The number of thioether (sulfide) groups is 2. The number of nitrogens with zero attached hydrogens (tertiary/aromatic N) is 6. The number of hydrogen-bond donors (Lipinski definition) is 0. The molecule has 0 amide bonds. The highest BCUT2D eigenvalue weighted by Crippen LogP contribution is 2.33. The monoisotopic (exact) mass is 480 g/mol. The molecule has 3 aromatic heterocycles. The number of fused-ring (bicyclic) bond motifs is 1. The second kappa shape index (κ2) is 9.43. The van der Waals surface area contributed by atoms with Crippen molar-refractivity contribution in [3.63, 3.8) is 0 Å². The van der Waals surface area contributed by atoms with E-state index in [0.29, 0.717) is 17.4 Å². The van der Waals surface area contributed by atoms with E-state index in [0.717, 1.165) is 32.3 Å². The van der Waals surface area contributed by atoms with Crippen LogP contribution in [0, 0.1) is 0 Å². The van der Waals surface area contributed by atoms with Crippen LogP contribution in [0.2, 0.25) is 0 Å². The fourth-order valence-corrected chi connectivity index (χ4v) is 5.84. The maximum atomic E-state index is 5.38. The van der Waals surface area contributed by atoms with Crippen LogP contribution in [0.5, 0.6) is 0 Å². The van der Waals surface area contributed by atoms with Crippen molar-refractivity contribution in [2.24, 2.45) is 0 Å². The minimum Gasteiger partial charge on any atom is -0.338 e. The molecule has 0 radical (unpaired) electrons. The number of para-hydroxylation sites is 2. The maximum Gasteiger partial charge on any atom is 0.237 e. The molecule has 0 aliphatic rings. The van der Waals surface area contributed by atoms with Gasteiger partial charge >= 0.3 is 0 Å². The van der Waals surface area contributed by atoms with Crippen molar-refractivity contribution < 1.29 is 4.52 Å². The van der Waals surface area contributed by atoms with Gasteiger partial charge in [0.05, 0.1) is 21.7 Å². The van der Waals surface area contributed by atoms with Gasteiger partial charge in [0.1, 0.15) is 5.82 Å². The zero-order chi connectivity index (χ0) is 21.9. The Morgan fingerprint density at radius 3 is 2.53 bits per heavy atom. The van der Waals surface area contributed by atoms with Crippen molar-refractivity contribution in [3.8, 4) is 5.69 Å². The summed E-state index contributed by atoms with van der Waals surface area (Å²) in [7, 11) is 0. The summed E-state index contributed by atoms with van der Waals surface area (Å²) >= 11 is 4.91. The lowest BCUT2D eigenvalue weighted by Crippen LogP contribution is -2.02. The van der Waals surface area contributed by atoms with E-state index in [9.17, 15) is 0 Å². The average Bonchev–Trinajstić information content (AvgIpc) is 3.54. The molecule has 0 aliphatic heterocycles. The van der Waals surface area contributed by atoms with Crippen molar-refractivity contribution in [1.82, 2.24) is 29.9 Å². The smallest absolute Gasteiger partial charge is 0.237 e. The molecule has 162 valence electrons. The third-order valence-corrected chi connectivity index (χ3v) is 7.73. The Morgan fingerprint density at radius 1 is 0.938 bits per heavy atom. The fraction of sp³-hybridized carbons (Fsp3) is 0.227. The lowest BCUT2D eigenvalue weighted by atomic mass is 10.2. The van der Waals surface area contributed by atoms with E-state index in [1.165, 1.54) is 16.5 Å². The van der Waals surface area contributed by atoms with Crippen LogP contribution in [0.25, 0.3) is 15.9 Å². The highest BCUT2D eigenvalue weighted by Gasteiger charge is 2.17. The molecule has 3 heterocycles. The van der Waals surface area contributed by atoms with Gasteiger partial charge in [0.15, 0.2) is 15.3 Å². The Bertz CT molecular complexity index is 1290. The van der Waals surface area contributed by atoms with Gasteiger partial charge in [-0.05, 0) is 24.3 Å². The molecule has 5 rings (SSSR count). The van der Waals surface area contributed by atoms with Crippen LogP contribution in [0.1, 0.15) is 37.3 Å².